The zero-order valence-electron chi connectivity index (χ0n) is 40.7. The molecule has 2 bridgehead atoms. The Labute approximate surface area is 429 Å². The number of carbonyl (C=O) groups excluding carboxylic acids is 2. The van der Waals surface area contributed by atoms with Gasteiger partial charge in [-0.25, -0.2) is 18.0 Å². The number of ether oxygens (including phenoxy) is 4. The van der Waals surface area contributed by atoms with Crippen LogP contribution in [0.4, 0.5) is 0 Å². The fourth-order valence-corrected chi connectivity index (χ4v) is 14.3. The van der Waals surface area contributed by atoms with Crippen LogP contribution < -0.4 is 5.43 Å². The molecular weight excluding hydrogens is 1030 g/mol. The van der Waals surface area contributed by atoms with Crippen LogP contribution in [0.25, 0.3) is 33.4 Å². The van der Waals surface area contributed by atoms with Crippen molar-refractivity contribution in [3.05, 3.63) is 88.1 Å². The van der Waals surface area contributed by atoms with E-state index in [1.807, 2.05) is 6.92 Å². The van der Waals surface area contributed by atoms with E-state index in [0.717, 1.165) is 11.6 Å². The number of hydrogen-bond acceptors (Lipinski definition) is 18. The lowest BCUT2D eigenvalue weighted by atomic mass is 9.43. The largest absolute Gasteiger partial charge is 0.508 e. The Morgan fingerprint density at radius 2 is 1.59 bits per heavy atom. The third-order valence-corrected chi connectivity index (χ3v) is 17.1. The smallest absolute Gasteiger partial charge is 0.397 e. The molecule has 22 nitrogen and oxygen atoms in total. The second kappa shape index (κ2) is 19.9. The van der Waals surface area contributed by atoms with Gasteiger partial charge in [-0.05, 0) is 122 Å². The number of hydrogen-bond donors (Lipinski definition) is 6. The molecule has 2 aromatic carbocycles. The molecule has 1 saturated heterocycles. The SMILES string of the molecule is C=C1[C@@H]2CC[C@H]3[C@]4(C)C[C@H](O[C@@H]5O[C@H](COC(=O)c6ccc(-c7c8ccc(=O)cc-8oc8cc(O)ccc78)c(C(=O)O)c6)[C@@H](OS(=O)(=O)O)[C@H](OS(=O)(=O)O)[C@H]5OC(=O)CC(C)C)C[C@@H](C(=O)O)[C@H]4CC[C@]3(C2)[C@@H]1O. The summed E-state index contributed by atoms with van der Waals surface area (Å²) < 4.78 is 110. The molecule has 1 spiro atoms. The molecule has 75 heavy (non-hydrogen) atoms. The van der Waals surface area contributed by atoms with E-state index in [9.17, 15) is 70.3 Å². The molecule has 0 aromatic heterocycles. The van der Waals surface area contributed by atoms with E-state index in [0.29, 0.717) is 43.1 Å². The molecule has 13 atom stereocenters. The molecule has 9 rings (SSSR count). The number of carboxylic acids is 2. The van der Waals surface area contributed by atoms with E-state index in [4.69, 9.17) is 31.7 Å². The average Bonchev–Trinajstić information content (AvgIpc) is 3.48. The number of aliphatic hydroxyl groups is 1. The monoisotopic (exact) mass is 1080 g/mol. The number of phenolic OH excluding ortho intramolecular Hbond substituents is 1. The van der Waals surface area contributed by atoms with Crippen LogP contribution in [0.3, 0.4) is 0 Å². The molecule has 7 aliphatic rings. The van der Waals surface area contributed by atoms with Crippen molar-refractivity contribution in [2.75, 3.05) is 6.61 Å². The van der Waals surface area contributed by atoms with Gasteiger partial charge in [-0.3, -0.25) is 23.5 Å². The highest BCUT2D eigenvalue weighted by atomic mass is 32.3. The van der Waals surface area contributed by atoms with Crippen LogP contribution in [0.2, 0.25) is 0 Å². The number of esters is 2. The fourth-order valence-electron chi connectivity index (χ4n) is 13.3. The lowest BCUT2D eigenvalue weighted by Crippen LogP contribution is -2.64. The standard InChI is InChI=1S/C51H56O22S2/c1-23(2)15-40(54)71-44-43(73-75(64,65)66)42(72-74(61,62)63)38(70-49(44)68-29-19-34(47(58)59)35-13-14-51-20-26(24(3)45(51)55)6-12-39(51)50(35,4)21-29)22-67-48(60)25-5-9-30(33(16-25)46(56)57)41-31-10-7-27(52)17-36(31)69-37-18-28(53)8-11-32(37)41/h5,7-11,16-18,23,26,29,34-35,38-39,42-45,49,52,55H,3,6,12-15,19-22H2,1-2,4H3,(H,56,57)(H,58,59)(H,61,62,63)(H,64,65,66)/t26-,29-,34-,35-,38-,39+,42-,43+,44-,45-,49-,50-,51-/m1/s1. The summed E-state index contributed by atoms with van der Waals surface area (Å²) in [6.07, 6.45) is -10.3. The highest BCUT2D eigenvalue weighted by Crippen LogP contribution is 2.71. The van der Waals surface area contributed by atoms with Gasteiger partial charge >= 0.3 is 44.7 Å². The number of aliphatic hydroxyl groups excluding tert-OH is 1. The zero-order valence-corrected chi connectivity index (χ0v) is 42.4. The van der Waals surface area contributed by atoms with Crippen molar-refractivity contribution in [3.8, 4) is 28.2 Å². The van der Waals surface area contributed by atoms with Crippen molar-refractivity contribution >= 4 is 55.6 Å². The van der Waals surface area contributed by atoms with Gasteiger partial charge in [0.25, 0.3) is 0 Å². The van der Waals surface area contributed by atoms with Gasteiger partial charge < -0.3 is 43.8 Å². The van der Waals surface area contributed by atoms with Crippen molar-refractivity contribution in [2.45, 2.75) is 115 Å². The number of aromatic hydroxyl groups is 1. The predicted molar refractivity (Wildman–Crippen MR) is 259 cm³/mol. The molecule has 0 radical (unpaired) electrons. The maximum atomic E-state index is 14.0. The van der Waals surface area contributed by atoms with Crippen molar-refractivity contribution in [3.63, 3.8) is 0 Å². The molecule has 2 aromatic rings. The number of rotatable bonds is 15. The van der Waals surface area contributed by atoms with Crippen molar-refractivity contribution in [1.29, 1.82) is 0 Å². The first-order valence-corrected chi connectivity index (χ1v) is 27.0. The van der Waals surface area contributed by atoms with Gasteiger partial charge in [-0.1, -0.05) is 33.4 Å². The van der Waals surface area contributed by atoms with Crippen LogP contribution in [0, 0.1) is 40.4 Å². The molecule has 0 unspecified atom stereocenters. The Morgan fingerprint density at radius 3 is 2.27 bits per heavy atom. The van der Waals surface area contributed by atoms with E-state index in [1.54, 1.807) is 13.8 Å². The first-order valence-electron chi connectivity index (χ1n) is 24.3. The first kappa shape index (κ1) is 54.0. The highest BCUT2D eigenvalue weighted by Gasteiger charge is 2.67. The molecule has 24 heteroatoms. The van der Waals surface area contributed by atoms with E-state index >= 15 is 0 Å². The number of aromatic carboxylic acids is 1. The summed E-state index contributed by atoms with van der Waals surface area (Å²) in [4.78, 5) is 66.0. The molecule has 5 fully saturated rings. The quantitative estimate of drug-likeness (QED) is 0.0269. The lowest BCUT2D eigenvalue weighted by Gasteiger charge is -2.62. The maximum absolute atomic E-state index is 14.0. The number of benzene rings is 3. The van der Waals surface area contributed by atoms with Gasteiger partial charge in [0, 0.05) is 40.5 Å². The van der Waals surface area contributed by atoms with Crippen molar-refractivity contribution < 1.29 is 97.3 Å². The molecule has 6 N–H and O–H groups in total. The molecule has 404 valence electrons. The van der Waals surface area contributed by atoms with Crippen LogP contribution in [0.1, 0.15) is 92.9 Å². The molecule has 2 aliphatic heterocycles. The predicted octanol–water partition coefficient (Wildman–Crippen LogP) is 5.81. The number of aliphatic carboxylic acids is 1. The summed E-state index contributed by atoms with van der Waals surface area (Å²) in [6, 6.07) is 11.3. The summed E-state index contributed by atoms with van der Waals surface area (Å²) in [5, 5.41) is 43.5. The van der Waals surface area contributed by atoms with E-state index in [1.165, 1.54) is 48.5 Å². The van der Waals surface area contributed by atoms with Crippen LogP contribution >= 0.6 is 0 Å². The van der Waals surface area contributed by atoms with E-state index in [2.05, 4.69) is 6.58 Å². The Balaban J connectivity index is 1.07. The molecule has 0 amide bonds. The normalized spacial score (nSPS) is 31.7. The Kier molecular flexibility index (Phi) is 14.4. The molecule has 2 heterocycles. The summed E-state index contributed by atoms with van der Waals surface area (Å²) in [6.45, 7) is 8.32. The number of fused-ring (bicyclic) bond motifs is 5. The Morgan fingerprint density at radius 1 is 0.880 bits per heavy atom. The molecular formula is C51H56O22S2. The van der Waals surface area contributed by atoms with Gasteiger partial charge in [0.1, 0.15) is 35.9 Å². The second-order valence-electron chi connectivity index (χ2n) is 21.1. The summed E-state index contributed by atoms with van der Waals surface area (Å²) in [7, 11) is -11.3. The minimum atomic E-state index is -5.67. The summed E-state index contributed by atoms with van der Waals surface area (Å²) >= 11 is 0. The fraction of sp³-hybridized carbons (Fsp3) is 0.510. The lowest BCUT2D eigenvalue weighted by molar-refractivity contribution is -0.315. The highest BCUT2D eigenvalue weighted by molar-refractivity contribution is 7.81. The average molecular weight is 1090 g/mol. The van der Waals surface area contributed by atoms with Crippen molar-refractivity contribution in [2.24, 2.45) is 40.4 Å². The van der Waals surface area contributed by atoms with Gasteiger partial charge in [-0.15, -0.1) is 0 Å². The van der Waals surface area contributed by atoms with Crippen LogP contribution in [0.5, 0.6) is 5.75 Å². The minimum absolute atomic E-state index is 0.0312. The Hall–Kier alpha value is -5.83. The topological polar surface area (TPSA) is 344 Å². The van der Waals surface area contributed by atoms with Gasteiger partial charge in [-0.2, -0.15) is 16.8 Å². The number of phenols is 1. The molecule has 4 saturated carbocycles. The number of carbonyl (C=O) groups is 4. The summed E-state index contributed by atoms with van der Waals surface area (Å²) in [5.74, 6) is -7.01. The zero-order chi connectivity index (χ0) is 54.3. The van der Waals surface area contributed by atoms with Crippen LogP contribution in [-0.4, -0.2) is 120 Å². The second-order valence-corrected chi connectivity index (χ2v) is 23.2. The molecule has 5 aliphatic carbocycles. The van der Waals surface area contributed by atoms with E-state index < -0.39 is 127 Å². The van der Waals surface area contributed by atoms with Gasteiger partial charge in [0.2, 0.25) is 0 Å². The van der Waals surface area contributed by atoms with Crippen molar-refractivity contribution in [1.82, 2.24) is 0 Å². The van der Waals surface area contributed by atoms with Gasteiger partial charge in [0.15, 0.2) is 23.9 Å². The Bertz CT molecular complexity index is 3220. The third kappa shape index (κ3) is 10.4. The van der Waals surface area contributed by atoms with Crippen LogP contribution in [-0.2, 0) is 57.7 Å². The number of carboxylic acid groups (broad SMARTS) is 2. The van der Waals surface area contributed by atoms with E-state index in [-0.39, 0.29) is 71.2 Å². The van der Waals surface area contributed by atoms with Gasteiger partial charge in [0.05, 0.1) is 29.3 Å². The third-order valence-electron chi connectivity index (χ3n) is 16.1. The minimum Gasteiger partial charge on any atom is -0.508 e. The summed E-state index contributed by atoms with van der Waals surface area (Å²) in [5.41, 5.74) is -1.30. The maximum Gasteiger partial charge on any atom is 0.397 e. The van der Waals surface area contributed by atoms with Crippen LogP contribution in [0.15, 0.2) is 76.0 Å². The first-order chi connectivity index (χ1) is 35.2.